The molecule has 1 aliphatic rings. The molecule has 1 aromatic rings. The minimum absolute atomic E-state index is 0.0954. The number of rotatable bonds is 5. The summed E-state index contributed by atoms with van der Waals surface area (Å²) in [6.45, 7) is 6.41. The van der Waals surface area contributed by atoms with Crippen molar-refractivity contribution in [1.29, 1.82) is 0 Å². The molecule has 0 radical (unpaired) electrons. The Morgan fingerprint density at radius 3 is 2.79 bits per heavy atom. The lowest BCUT2D eigenvalue weighted by atomic mass is 10.1. The Morgan fingerprint density at radius 2 is 2.21 bits per heavy atom. The Hall–Kier alpha value is -0.940. The van der Waals surface area contributed by atoms with Gasteiger partial charge in [-0.1, -0.05) is 6.42 Å². The summed E-state index contributed by atoms with van der Waals surface area (Å²) in [6, 6.07) is 0.0954. The maximum absolute atomic E-state index is 11.8. The van der Waals surface area contributed by atoms with E-state index in [1.807, 2.05) is 13.8 Å². The quantitative estimate of drug-likeness (QED) is 0.779. The summed E-state index contributed by atoms with van der Waals surface area (Å²) >= 11 is 1.65. The van der Waals surface area contributed by atoms with Crippen molar-refractivity contribution in [2.24, 2.45) is 0 Å². The number of carbonyl (C=O) groups excluding carboxylic acids is 1. The molecular formula is C14H22N2O2S. The second kappa shape index (κ2) is 7.01. The maximum Gasteiger partial charge on any atom is 0.307 e. The average Bonchev–Trinajstić information content (AvgIpc) is 2.84. The zero-order valence-corrected chi connectivity index (χ0v) is 12.5. The van der Waals surface area contributed by atoms with Gasteiger partial charge in [-0.25, -0.2) is 4.98 Å². The molecule has 2 rings (SSSR count). The minimum atomic E-state index is -0.120. The number of hydrogen-bond acceptors (Lipinski definition) is 5. The third-order valence-corrected chi connectivity index (χ3v) is 4.48. The van der Waals surface area contributed by atoms with Gasteiger partial charge in [0.05, 0.1) is 19.1 Å². The number of hydrogen-bond donors (Lipinski definition) is 0. The van der Waals surface area contributed by atoms with Crippen LogP contribution >= 0.6 is 11.3 Å². The highest BCUT2D eigenvalue weighted by Gasteiger charge is 2.27. The van der Waals surface area contributed by atoms with Gasteiger partial charge in [0.1, 0.15) is 5.01 Å². The number of esters is 1. The number of aromatic nitrogens is 1. The van der Waals surface area contributed by atoms with Crippen molar-refractivity contribution in [2.75, 3.05) is 19.7 Å². The van der Waals surface area contributed by atoms with Gasteiger partial charge in [-0.05, 0) is 39.8 Å². The van der Waals surface area contributed by atoms with E-state index in [-0.39, 0.29) is 12.0 Å². The molecule has 4 nitrogen and oxygen atoms in total. The monoisotopic (exact) mass is 282 g/mol. The lowest BCUT2D eigenvalue weighted by molar-refractivity contribution is -0.144. The molecule has 0 aliphatic carbocycles. The van der Waals surface area contributed by atoms with E-state index in [0.717, 1.165) is 23.8 Å². The number of likely N-dealkylation sites (tertiary alicyclic amines) is 1. The van der Waals surface area contributed by atoms with Crippen LogP contribution in [0.25, 0.3) is 0 Å². The summed E-state index contributed by atoms with van der Waals surface area (Å²) in [4.78, 5) is 18.8. The van der Waals surface area contributed by atoms with E-state index in [1.54, 1.807) is 11.3 Å². The van der Waals surface area contributed by atoms with Crippen LogP contribution in [0.4, 0.5) is 0 Å². The first-order valence-corrected chi connectivity index (χ1v) is 7.90. The fraction of sp³-hybridized carbons (Fsp3) is 0.714. The fourth-order valence-electron chi connectivity index (χ4n) is 2.51. The number of thiazole rings is 1. The molecule has 1 aromatic heterocycles. The first kappa shape index (κ1) is 14.5. The third-order valence-electron chi connectivity index (χ3n) is 3.42. The SMILES string of the molecule is CCOC(=O)CC(c1nc(C)cs1)N1CCCCC1. The lowest BCUT2D eigenvalue weighted by Crippen LogP contribution is -2.35. The van der Waals surface area contributed by atoms with Crippen molar-refractivity contribution in [2.45, 2.75) is 45.6 Å². The molecule has 0 saturated carbocycles. The summed E-state index contributed by atoms with van der Waals surface area (Å²) in [6.07, 6.45) is 4.13. The van der Waals surface area contributed by atoms with Crippen LogP contribution in [0.5, 0.6) is 0 Å². The average molecular weight is 282 g/mol. The second-order valence-electron chi connectivity index (χ2n) is 4.95. The highest BCUT2D eigenvalue weighted by Crippen LogP contribution is 2.30. The van der Waals surface area contributed by atoms with Gasteiger partial charge in [0, 0.05) is 11.1 Å². The highest BCUT2D eigenvalue weighted by molar-refractivity contribution is 7.09. The summed E-state index contributed by atoms with van der Waals surface area (Å²) in [5, 5.41) is 3.10. The number of aryl methyl sites for hydroxylation is 1. The summed E-state index contributed by atoms with van der Waals surface area (Å²) in [5.41, 5.74) is 1.03. The van der Waals surface area contributed by atoms with Crippen molar-refractivity contribution < 1.29 is 9.53 Å². The van der Waals surface area contributed by atoms with Gasteiger partial charge in [-0.2, -0.15) is 0 Å². The molecule has 1 unspecified atom stereocenters. The molecule has 1 fully saturated rings. The molecule has 0 N–H and O–H groups in total. The highest BCUT2D eigenvalue weighted by atomic mass is 32.1. The zero-order chi connectivity index (χ0) is 13.7. The number of carbonyl (C=O) groups is 1. The van der Waals surface area contributed by atoms with Gasteiger partial charge in [-0.15, -0.1) is 11.3 Å². The van der Waals surface area contributed by atoms with Crippen LogP contribution < -0.4 is 0 Å². The molecule has 0 spiro atoms. The van der Waals surface area contributed by atoms with Crippen LogP contribution in [0.15, 0.2) is 5.38 Å². The van der Waals surface area contributed by atoms with Gasteiger partial charge in [-0.3, -0.25) is 9.69 Å². The van der Waals surface area contributed by atoms with Gasteiger partial charge < -0.3 is 4.74 Å². The Morgan fingerprint density at radius 1 is 1.47 bits per heavy atom. The molecule has 2 heterocycles. The van der Waals surface area contributed by atoms with Crippen LogP contribution in [0, 0.1) is 6.92 Å². The molecular weight excluding hydrogens is 260 g/mol. The van der Waals surface area contributed by atoms with E-state index in [0.29, 0.717) is 13.0 Å². The first-order chi connectivity index (χ1) is 9.20. The van der Waals surface area contributed by atoms with Crippen molar-refractivity contribution in [3.63, 3.8) is 0 Å². The largest absolute Gasteiger partial charge is 0.466 e. The van der Waals surface area contributed by atoms with Gasteiger partial charge in [0.2, 0.25) is 0 Å². The molecule has 5 heteroatoms. The van der Waals surface area contributed by atoms with E-state index < -0.39 is 0 Å². The number of piperidine rings is 1. The smallest absolute Gasteiger partial charge is 0.307 e. The zero-order valence-electron chi connectivity index (χ0n) is 11.7. The van der Waals surface area contributed by atoms with Crippen LogP contribution in [0.2, 0.25) is 0 Å². The first-order valence-electron chi connectivity index (χ1n) is 7.02. The normalized spacial score (nSPS) is 18.2. The van der Waals surface area contributed by atoms with Crippen molar-refractivity contribution in [3.8, 4) is 0 Å². The molecule has 0 amide bonds. The Labute approximate surface area is 118 Å². The molecule has 0 bridgehead atoms. The number of nitrogens with zero attached hydrogens (tertiary/aromatic N) is 2. The fourth-order valence-corrected chi connectivity index (χ4v) is 3.44. The minimum Gasteiger partial charge on any atom is -0.466 e. The van der Waals surface area contributed by atoms with Gasteiger partial charge >= 0.3 is 5.97 Å². The molecule has 1 saturated heterocycles. The van der Waals surface area contributed by atoms with E-state index in [2.05, 4.69) is 15.3 Å². The van der Waals surface area contributed by atoms with Crippen LogP contribution in [0.1, 0.15) is 49.4 Å². The third kappa shape index (κ3) is 4.01. The van der Waals surface area contributed by atoms with Crippen molar-refractivity contribution in [3.05, 3.63) is 16.1 Å². The molecule has 0 aromatic carbocycles. The molecule has 1 atom stereocenters. The van der Waals surface area contributed by atoms with Crippen LogP contribution in [0.3, 0.4) is 0 Å². The van der Waals surface area contributed by atoms with Crippen molar-refractivity contribution in [1.82, 2.24) is 9.88 Å². The standard InChI is InChI=1S/C14H22N2O2S/c1-3-18-13(17)9-12(14-15-11(2)10-19-14)16-7-5-4-6-8-16/h10,12H,3-9H2,1-2H3. The van der Waals surface area contributed by atoms with Crippen LogP contribution in [-0.4, -0.2) is 35.5 Å². The lowest BCUT2D eigenvalue weighted by Gasteiger charge is -2.32. The second-order valence-corrected chi connectivity index (χ2v) is 5.84. The Bertz CT molecular complexity index is 413. The van der Waals surface area contributed by atoms with Crippen LogP contribution in [-0.2, 0) is 9.53 Å². The van der Waals surface area contributed by atoms with E-state index in [4.69, 9.17) is 4.74 Å². The summed E-state index contributed by atoms with van der Waals surface area (Å²) in [7, 11) is 0. The summed E-state index contributed by atoms with van der Waals surface area (Å²) in [5.74, 6) is -0.120. The summed E-state index contributed by atoms with van der Waals surface area (Å²) < 4.78 is 5.10. The molecule has 19 heavy (non-hydrogen) atoms. The Kier molecular flexibility index (Phi) is 5.34. The van der Waals surface area contributed by atoms with E-state index in [9.17, 15) is 4.79 Å². The van der Waals surface area contributed by atoms with Gasteiger partial charge in [0.15, 0.2) is 0 Å². The van der Waals surface area contributed by atoms with E-state index >= 15 is 0 Å². The topological polar surface area (TPSA) is 42.4 Å². The molecule has 1 aliphatic heterocycles. The molecule has 106 valence electrons. The predicted molar refractivity (Wildman–Crippen MR) is 76.3 cm³/mol. The van der Waals surface area contributed by atoms with E-state index in [1.165, 1.54) is 19.3 Å². The maximum atomic E-state index is 11.8. The predicted octanol–water partition coefficient (Wildman–Crippen LogP) is 2.93. The van der Waals surface area contributed by atoms with Crippen molar-refractivity contribution >= 4 is 17.3 Å². The Balaban J connectivity index is 2.10. The number of ether oxygens (including phenoxy) is 1. The van der Waals surface area contributed by atoms with Gasteiger partial charge in [0.25, 0.3) is 0 Å².